The van der Waals surface area contributed by atoms with Gasteiger partial charge in [0.05, 0.1) is 26.4 Å². The summed E-state index contributed by atoms with van der Waals surface area (Å²) in [5.74, 6) is 0.997. The molecule has 3 aliphatic carbocycles. The average Bonchev–Trinajstić information content (AvgIpc) is 3.60. The quantitative estimate of drug-likeness (QED) is 0.105. The fourth-order valence-electron chi connectivity index (χ4n) is 10.2. The highest BCUT2D eigenvalue weighted by atomic mass is 16.7. The number of aliphatic hydroxyl groups excluding tert-OH is 2. The summed E-state index contributed by atoms with van der Waals surface area (Å²) in [6.45, 7) is 8.39. The van der Waals surface area contributed by atoms with Crippen LogP contribution in [0.2, 0.25) is 0 Å². The normalized spacial score (nSPS) is 25.2. The summed E-state index contributed by atoms with van der Waals surface area (Å²) in [6, 6.07) is 31.1. The Labute approximate surface area is 349 Å². The molecule has 0 aromatic heterocycles. The molecule has 59 heavy (non-hydrogen) atoms. The van der Waals surface area contributed by atoms with Gasteiger partial charge in [0.1, 0.15) is 17.9 Å². The Morgan fingerprint density at radius 1 is 0.949 bits per heavy atom. The number of nitrogens with one attached hydrogen (secondary N) is 2. The molecule has 4 aliphatic rings. The number of aliphatic hydroxyl groups is 2. The first-order valence-electron chi connectivity index (χ1n) is 21.2. The summed E-state index contributed by atoms with van der Waals surface area (Å²) in [4.78, 5) is 36.9. The molecule has 1 aliphatic heterocycles. The molecule has 10 heteroatoms. The molecular weight excluding hydrogens is 741 g/mol. The van der Waals surface area contributed by atoms with Crippen molar-refractivity contribution in [2.75, 3.05) is 32.7 Å². The summed E-state index contributed by atoms with van der Waals surface area (Å²) < 4.78 is 6.14. The number of fused-ring (bicyclic) bond motifs is 2. The lowest BCUT2D eigenvalue weighted by Gasteiger charge is -2.62. The summed E-state index contributed by atoms with van der Waals surface area (Å²) in [5, 5.41) is 29.8. The van der Waals surface area contributed by atoms with E-state index in [9.17, 15) is 19.8 Å². The van der Waals surface area contributed by atoms with Crippen LogP contribution in [-0.4, -0.2) is 85.2 Å². The Morgan fingerprint density at radius 2 is 1.61 bits per heavy atom. The molecule has 1 saturated heterocycles. The maximum absolute atomic E-state index is 14.3. The molecule has 2 amide bonds. The Balaban J connectivity index is 1.17. The number of nitrogens with zero attached hydrogens (tertiary/aromatic N) is 2. The molecule has 8 rings (SSSR count). The largest absolute Gasteiger partial charge is 0.496 e. The van der Waals surface area contributed by atoms with Gasteiger partial charge in [0.2, 0.25) is 5.91 Å². The lowest BCUT2D eigenvalue weighted by Crippen LogP contribution is -2.62. The minimum absolute atomic E-state index is 0.0316. The van der Waals surface area contributed by atoms with Gasteiger partial charge in [0.15, 0.2) is 0 Å². The van der Waals surface area contributed by atoms with E-state index in [1.165, 1.54) is 6.42 Å². The predicted octanol–water partition coefficient (Wildman–Crippen LogP) is 6.67. The van der Waals surface area contributed by atoms with Gasteiger partial charge >= 0.3 is 0 Å². The van der Waals surface area contributed by atoms with Crippen LogP contribution < -0.4 is 20.3 Å². The SMILES string of the molecule is COc1c(CN2O[C@@H](CO)[C@@H]([C@H](C)O)[C@H]2C(=O)N[C@H]2C[C@H]3C[C@@H]([C@@H]2C)C3(C)C)cccc1-c1cc(C(=O)NC(Cc2ccccc2)Cc2ccccc2)cc(N(C)C)c1. The van der Waals surface area contributed by atoms with Gasteiger partial charge in [-0.3, -0.25) is 14.4 Å². The molecule has 314 valence electrons. The maximum Gasteiger partial charge on any atom is 0.251 e. The van der Waals surface area contributed by atoms with Crippen molar-refractivity contribution in [3.8, 4) is 16.9 Å². The van der Waals surface area contributed by atoms with E-state index in [-0.39, 0.29) is 42.5 Å². The standard InChI is InChI=1S/C49H62N4O6/c1-30-41-26-37(49(41,3)4)27-42(30)51-48(57)45-44(31(2)55)43(29-54)59-53(45)28-34-19-14-20-40(46(34)58-7)35-23-36(25-39(24-35)52(5)6)47(56)50-38(21-32-15-10-8-11-16-32)22-33-17-12-9-13-18-33/h8-20,23-25,30-31,37-38,41-45,54-55H,21-22,26-29H2,1-7H3,(H,50,56)(H,51,57)/t30-,31-,37+,41-,42-,43-,44+,45-/m0/s1. The second-order valence-corrected chi connectivity index (χ2v) is 17.9. The zero-order valence-electron chi connectivity index (χ0n) is 35.6. The van der Waals surface area contributed by atoms with E-state index < -0.39 is 24.2 Å². The van der Waals surface area contributed by atoms with E-state index in [1.807, 2.05) is 91.8 Å². The molecule has 10 nitrogen and oxygen atoms in total. The van der Waals surface area contributed by atoms with E-state index in [0.29, 0.717) is 41.9 Å². The number of methoxy groups -OCH3 is 1. The Morgan fingerprint density at radius 3 is 2.17 bits per heavy atom. The van der Waals surface area contributed by atoms with Crippen LogP contribution in [0.3, 0.4) is 0 Å². The zero-order valence-corrected chi connectivity index (χ0v) is 35.6. The molecule has 8 atom stereocenters. The van der Waals surface area contributed by atoms with Gasteiger partial charge in [-0.25, -0.2) is 0 Å². The van der Waals surface area contributed by atoms with Crippen molar-refractivity contribution in [1.82, 2.24) is 15.7 Å². The van der Waals surface area contributed by atoms with E-state index in [2.05, 4.69) is 55.7 Å². The molecular formula is C49H62N4O6. The van der Waals surface area contributed by atoms with Crippen LogP contribution in [0.25, 0.3) is 11.1 Å². The summed E-state index contributed by atoms with van der Waals surface area (Å²) in [5.41, 5.74) is 6.27. The van der Waals surface area contributed by atoms with Gasteiger partial charge in [-0.15, -0.1) is 0 Å². The minimum atomic E-state index is -0.907. The third-order valence-corrected chi connectivity index (χ3v) is 13.7. The fourth-order valence-corrected chi connectivity index (χ4v) is 10.2. The molecule has 0 unspecified atom stereocenters. The van der Waals surface area contributed by atoms with Crippen molar-refractivity contribution >= 4 is 17.5 Å². The molecule has 4 N–H and O–H groups in total. The van der Waals surface area contributed by atoms with Crippen LogP contribution in [-0.2, 0) is 29.0 Å². The van der Waals surface area contributed by atoms with Crippen molar-refractivity contribution in [3.63, 3.8) is 0 Å². The van der Waals surface area contributed by atoms with Crippen LogP contribution in [0, 0.1) is 29.1 Å². The van der Waals surface area contributed by atoms with E-state index >= 15 is 0 Å². The predicted molar refractivity (Wildman–Crippen MR) is 232 cm³/mol. The third kappa shape index (κ3) is 8.92. The molecule has 4 fully saturated rings. The highest BCUT2D eigenvalue weighted by Crippen LogP contribution is 2.61. The van der Waals surface area contributed by atoms with Gasteiger partial charge in [-0.1, -0.05) is 99.6 Å². The molecule has 2 bridgehead atoms. The number of rotatable bonds is 15. The van der Waals surface area contributed by atoms with Crippen molar-refractivity contribution in [1.29, 1.82) is 0 Å². The number of carbonyl (C=O) groups excluding carboxylic acids is 2. The number of carbonyl (C=O) groups is 2. The number of hydrogen-bond donors (Lipinski definition) is 4. The van der Waals surface area contributed by atoms with E-state index in [0.717, 1.165) is 39.9 Å². The first-order valence-corrected chi connectivity index (χ1v) is 21.2. The molecule has 0 radical (unpaired) electrons. The van der Waals surface area contributed by atoms with Gasteiger partial charge in [-0.05, 0) is 90.7 Å². The molecule has 3 saturated carbocycles. The molecule has 4 aromatic carbocycles. The van der Waals surface area contributed by atoms with Crippen LogP contribution in [0.4, 0.5) is 5.69 Å². The average molecular weight is 803 g/mol. The highest BCUT2D eigenvalue weighted by Gasteiger charge is 2.57. The van der Waals surface area contributed by atoms with Crippen LogP contribution in [0.5, 0.6) is 5.75 Å². The summed E-state index contributed by atoms with van der Waals surface area (Å²) in [7, 11) is 5.52. The Hall–Kier alpha value is -4.74. The topological polar surface area (TPSA) is 124 Å². The van der Waals surface area contributed by atoms with Crippen molar-refractivity contribution in [2.45, 2.75) is 90.3 Å². The van der Waals surface area contributed by atoms with E-state index in [4.69, 9.17) is 9.57 Å². The fraction of sp³-hybridized carbons (Fsp3) is 0.469. The number of anilines is 1. The van der Waals surface area contributed by atoms with Gasteiger partial charge < -0.3 is 30.5 Å². The second kappa shape index (κ2) is 17.9. The van der Waals surface area contributed by atoms with Crippen LogP contribution in [0.15, 0.2) is 97.1 Å². The van der Waals surface area contributed by atoms with E-state index in [1.54, 1.807) is 19.1 Å². The maximum atomic E-state index is 14.3. The lowest BCUT2D eigenvalue weighted by molar-refractivity contribution is -0.183. The summed E-state index contributed by atoms with van der Waals surface area (Å²) >= 11 is 0. The Bertz CT molecular complexity index is 2030. The lowest BCUT2D eigenvalue weighted by atomic mass is 9.45. The van der Waals surface area contributed by atoms with Crippen molar-refractivity contribution in [2.24, 2.45) is 29.1 Å². The number of hydroxylamine groups is 2. The number of benzene rings is 4. The minimum Gasteiger partial charge on any atom is -0.496 e. The molecule has 4 aromatic rings. The monoisotopic (exact) mass is 802 g/mol. The number of para-hydroxylation sites is 1. The van der Waals surface area contributed by atoms with Crippen molar-refractivity contribution < 1.29 is 29.4 Å². The number of ether oxygens (including phenoxy) is 1. The first-order chi connectivity index (χ1) is 28.3. The van der Waals surface area contributed by atoms with Crippen molar-refractivity contribution in [3.05, 3.63) is 119 Å². The van der Waals surface area contributed by atoms with Gasteiger partial charge in [0, 0.05) is 54.5 Å². The summed E-state index contributed by atoms with van der Waals surface area (Å²) in [6.07, 6.45) is 1.82. The Kier molecular flexibility index (Phi) is 12.8. The number of hydrogen-bond acceptors (Lipinski definition) is 8. The third-order valence-electron chi connectivity index (χ3n) is 13.7. The highest BCUT2D eigenvalue weighted by molar-refractivity contribution is 5.97. The first kappa shape index (κ1) is 42.4. The molecule has 0 spiro atoms. The second-order valence-electron chi connectivity index (χ2n) is 17.9. The molecule has 1 heterocycles. The van der Waals surface area contributed by atoms with Crippen LogP contribution >= 0.6 is 0 Å². The smallest absolute Gasteiger partial charge is 0.251 e. The zero-order chi connectivity index (χ0) is 42.0. The number of amides is 2. The van der Waals surface area contributed by atoms with Gasteiger partial charge in [-0.2, -0.15) is 5.06 Å². The van der Waals surface area contributed by atoms with Crippen LogP contribution in [0.1, 0.15) is 67.6 Å². The van der Waals surface area contributed by atoms with Gasteiger partial charge in [0.25, 0.3) is 5.91 Å².